The molecule has 108 valence electrons. The van der Waals surface area contributed by atoms with Crippen LogP contribution in [0.3, 0.4) is 0 Å². The summed E-state index contributed by atoms with van der Waals surface area (Å²) >= 11 is 0. The van der Waals surface area contributed by atoms with Crippen LogP contribution < -0.4 is 4.72 Å². The zero-order valence-corrected chi connectivity index (χ0v) is 11.6. The van der Waals surface area contributed by atoms with E-state index in [4.69, 9.17) is 5.26 Å². The van der Waals surface area contributed by atoms with Gasteiger partial charge in [-0.3, -0.25) is 4.79 Å². The van der Waals surface area contributed by atoms with E-state index in [0.29, 0.717) is 0 Å². The van der Waals surface area contributed by atoms with Crippen molar-refractivity contribution in [3.63, 3.8) is 0 Å². The number of benzene rings is 1. The van der Waals surface area contributed by atoms with Crippen molar-refractivity contribution in [2.45, 2.75) is 30.9 Å². The van der Waals surface area contributed by atoms with E-state index in [2.05, 4.69) is 9.46 Å². The average Bonchev–Trinajstić information content (AvgIpc) is 2.38. The van der Waals surface area contributed by atoms with Crippen molar-refractivity contribution in [3.8, 4) is 6.07 Å². The fourth-order valence-corrected chi connectivity index (χ4v) is 2.46. The highest BCUT2D eigenvalue weighted by Crippen LogP contribution is 2.10. The Labute approximate surface area is 116 Å². The van der Waals surface area contributed by atoms with E-state index in [-0.39, 0.29) is 4.90 Å². The molecule has 0 saturated heterocycles. The van der Waals surface area contributed by atoms with Gasteiger partial charge in [0, 0.05) is 0 Å². The Hall–Kier alpha value is -1.98. The number of nitrogens with zero attached hydrogens (tertiary/aromatic N) is 1. The predicted octanol–water partition coefficient (Wildman–Crippen LogP) is 0.948. The summed E-state index contributed by atoms with van der Waals surface area (Å²) in [6.07, 6.45) is -0.972. The molecule has 1 aromatic carbocycles. The van der Waals surface area contributed by atoms with Gasteiger partial charge in [0.2, 0.25) is 10.0 Å². The molecule has 0 heterocycles. The lowest BCUT2D eigenvalue weighted by molar-refractivity contribution is -0.147. The lowest BCUT2D eigenvalue weighted by atomic mass is 10.3. The van der Waals surface area contributed by atoms with Crippen molar-refractivity contribution in [1.82, 2.24) is 4.72 Å². The molecule has 0 aromatic heterocycles. The Morgan fingerprint density at radius 1 is 1.35 bits per heavy atom. The molecule has 0 unspecified atom stereocenters. The molecule has 0 spiro atoms. The lowest BCUT2D eigenvalue weighted by Gasteiger charge is -2.14. The first-order valence-corrected chi connectivity index (χ1v) is 7.12. The van der Waals surface area contributed by atoms with Crippen LogP contribution in [0.25, 0.3) is 0 Å². The normalized spacial score (nSPS) is 14.1. The number of nitrogens with one attached hydrogen (secondary N) is 1. The first-order chi connectivity index (χ1) is 9.26. The summed E-state index contributed by atoms with van der Waals surface area (Å²) in [6, 6.07) is 4.67. The van der Waals surface area contributed by atoms with Crippen LogP contribution in [0.1, 0.15) is 13.8 Å². The number of sulfonamides is 1. The maximum absolute atomic E-state index is 12.7. The van der Waals surface area contributed by atoms with Crippen molar-refractivity contribution >= 4 is 16.0 Å². The third kappa shape index (κ3) is 4.29. The van der Waals surface area contributed by atoms with Crippen LogP contribution >= 0.6 is 0 Å². The van der Waals surface area contributed by atoms with E-state index >= 15 is 0 Å². The molecule has 1 aromatic rings. The number of carbonyl (C=O) groups excluding carboxylic acids is 1. The second kappa shape index (κ2) is 6.45. The second-order valence-corrected chi connectivity index (χ2v) is 5.72. The van der Waals surface area contributed by atoms with Gasteiger partial charge < -0.3 is 4.74 Å². The number of halogens is 1. The molecular weight excluding hydrogens is 287 g/mol. The van der Waals surface area contributed by atoms with Crippen LogP contribution in [-0.2, 0) is 19.6 Å². The summed E-state index contributed by atoms with van der Waals surface area (Å²) < 4.78 is 43.3. The van der Waals surface area contributed by atoms with Crippen LogP contribution in [-0.4, -0.2) is 26.5 Å². The van der Waals surface area contributed by atoms with Crippen LogP contribution in [0.4, 0.5) is 4.39 Å². The van der Waals surface area contributed by atoms with Crippen LogP contribution in [0.2, 0.25) is 0 Å². The Balaban J connectivity index is 2.79. The first-order valence-electron chi connectivity index (χ1n) is 5.64. The van der Waals surface area contributed by atoms with E-state index in [0.717, 1.165) is 24.3 Å². The number of hydrogen-bond acceptors (Lipinski definition) is 5. The molecule has 8 heteroatoms. The Morgan fingerprint density at radius 2 is 1.90 bits per heavy atom. The van der Waals surface area contributed by atoms with Crippen molar-refractivity contribution in [1.29, 1.82) is 5.26 Å². The van der Waals surface area contributed by atoms with Gasteiger partial charge in [0.05, 0.1) is 4.90 Å². The third-order valence-electron chi connectivity index (χ3n) is 2.28. The third-order valence-corrected chi connectivity index (χ3v) is 3.84. The van der Waals surface area contributed by atoms with E-state index in [9.17, 15) is 17.6 Å². The smallest absolute Gasteiger partial charge is 0.325 e. The summed E-state index contributed by atoms with van der Waals surface area (Å²) in [5, 5.41) is 8.50. The highest BCUT2D eigenvalue weighted by molar-refractivity contribution is 7.89. The molecule has 2 atom stereocenters. The van der Waals surface area contributed by atoms with E-state index in [1.165, 1.54) is 13.8 Å². The van der Waals surface area contributed by atoms with E-state index in [1.807, 2.05) is 0 Å². The summed E-state index contributed by atoms with van der Waals surface area (Å²) in [7, 11) is -3.96. The van der Waals surface area contributed by atoms with Gasteiger partial charge in [0.15, 0.2) is 6.10 Å². The average molecular weight is 300 g/mol. The molecule has 0 saturated carbocycles. The Morgan fingerprint density at radius 3 is 2.40 bits per heavy atom. The van der Waals surface area contributed by atoms with Gasteiger partial charge in [-0.1, -0.05) is 0 Å². The van der Waals surface area contributed by atoms with Crippen molar-refractivity contribution in [2.24, 2.45) is 0 Å². The number of nitriles is 1. The molecular formula is C12H13FN2O4S. The molecule has 0 aliphatic carbocycles. The molecule has 0 radical (unpaired) electrons. The van der Waals surface area contributed by atoms with Gasteiger partial charge in [-0.05, 0) is 38.1 Å². The number of hydrogen-bond donors (Lipinski definition) is 1. The van der Waals surface area contributed by atoms with Crippen LogP contribution in [0.5, 0.6) is 0 Å². The Kier molecular flexibility index (Phi) is 5.19. The van der Waals surface area contributed by atoms with Crippen molar-refractivity contribution < 1.29 is 22.3 Å². The van der Waals surface area contributed by atoms with Crippen LogP contribution in [0.15, 0.2) is 29.2 Å². The van der Waals surface area contributed by atoms with Gasteiger partial charge in [-0.15, -0.1) is 0 Å². The van der Waals surface area contributed by atoms with Gasteiger partial charge >= 0.3 is 5.97 Å². The number of rotatable bonds is 5. The summed E-state index contributed by atoms with van der Waals surface area (Å²) in [4.78, 5) is 11.3. The largest absolute Gasteiger partial charge is 0.446 e. The number of carbonyl (C=O) groups is 1. The lowest BCUT2D eigenvalue weighted by Crippen LogP contribution is -2.40. The predicted molar refractivity (Wildman–Crippen MR) is 67.4 cm³/mol. The minimum absolute atomic E-state index is 0.174. The minimum Gasteiger partial charge on any atom is -0.446 e. The SMILES string of the molecule is C[C@H](C#N)OC(=O)[C@H](C)NS(=O)(=O)c1ccc(F)cc1. The van der Waals surface area contributed by atoms with Crippen molar-refractivity contribution in [3.05, 3.63) is 30.1 Å². The quantitative estimate of drug-likeness (QED) is 0.817. The molecule has 1 rings (SSSR count). The minimum atomic E-state index is -3.96. The standard InChI is InChI=1S/C12H13FN2O4S/c1-8(7-14)19-12(16)9(2)15-20(17,18)11-5-3-10(13)4-6-11/h3-6,8-9,15H,1-2H3/t8-,9+/m1/s1. The highest BCUT2D eigenvalue weighted by Gasteiger charge is 2.24. The molecule has 0 aliphatic rings. The Bertz CT molecular complexity index is 622. The van der Waals surface area contributed by atoms with E-state index < -0.39 is 34.0 Å². The summed E-state index contributed by atoms with van der Waals surface area (Å²) in [6.45, 7) is 2.65. The summed E-state index contributed by atoms with van der Waals surface area (Å²) in [5.74, 6) is -1.44. The fourth-order valence-electron chi connectivity index (χ4n) is 1.27. The molecule has 0 aliphatic heterocycles. The number of ether oxygens (including phenoxy) is 1. The first kappa shape index (κ1) is 16.1. The van der Waals surface area contributed by atoms with Crippen molar-refractivity contribution in [2.75, 3.05) is 0 Å². The fraction of sp³-hybridized carbons (Fsp3) is 0.333. The topological polar surface area (TPSA) is 96.3 Å². The second-order valence-electron chi connectivity index (χ2n) is 4.01. The van der Waals surface area contributed by atoms with Gasteiger partial charge in [0.1, 0.15) is 17.9 Å². The molecule has 20 heavy (non-hydrogen) atoms. The zero-order chi connectivity index (χ0) is 15.3. The van der Waals surface area contributed by atoms with E-state index in [1.54, 1.807) is 6.07 Å². The molecule has 6 nitrogen and oxygen atoms in total. The monoisotopic (exact) mass is 300 g/mol. The molecule has 0 amide bonds. The summed E-state index contributed by atoms with van der Waals surface area (Å²) in [5.41, 5.74) is 0. The van der Waals surface area contributed by atoms with Crippen LogP contribution in [0, 0.1) is 17.1 Å². The molecule has 1 N–H and O–H groups in total. The molecule has 0 bridgehead atoms. The van der Waals surface area contributed by atoms with Gasteiger partial charge in [0.25, 0.3) is 0 Å². The van der Waals surface area contributed by atoms with Gasteiger partial charge in [-0.2, -0.15) is 9.98 Å². The zero-order valence-electron chi connectivity index (χ0n) is 10.8. The maximum Gasteiger partial charge on any atom is 0.325 e. The molecule has 0 fully saturated rings. The highest BCUT2D eigenvalue weighted by atomic mass is 32.2. The number of esters is 1. The van der Waals surface area contributed by atoms with Gasteiger partial charge in [-0.25, -0.2) is 12.8 Å². The maximum atomic E-state index is 12.7.